The lowest BCUT2D eigenvalue weighted by molar-refractivity contribution is 0.111. The summed E-state index contributed by atoms with van der Waals surface area (Å²) in [6.45, 7) is 8.66. The van der Waals surface area contributed by atoms with Gasteiger partial charge in [-0.3, -0.25) is 0 Å². The van der Waals surface area contributed by atoms with Crippen LogP contribution < -0.4 is 5.73 Å². The molecular formula is C13H25N3. The summed E-state index contributed by atoms with van der Waals surface area (Å²) in [5.41, 5.74) is 6.38. The fourth-order valence-electron chi connectivity index (χ4n) is 2.87. The zero-order chi connectivity index (χ0) is 11.0. The van der Waals surface area contributed by atoms with E-state index in [0.29, 0.717) is 5.41 Å². The largest absolute Gasteiger partial charge is 0.330 e. The third kappa shape index (κ3) is 2.58. The van der Waals surface area contributed by atoms with Crippen molar-refractivity contribution in [1.29, 1.82) is 0 Å². The van der Waals surface area contributed by atoms with Crippen molar-refractivity contribution in [2.45, 2.75) is 25.7 Å². The standard InChI is InChI=1S/C13H25N3/c14-10-13(3-4-13)11-16-7-5-15(6-8-16)9-12-1-2-12/h12H,1-11,14H2. The van der Waals surface area contributed by atoms with E-state index in [-0.39, 0.29) is 0 Å². The molecule has 0 aromatic heterocycles. The van der Waals surface area contributed by atoms with Crippen LogP contribution in [0.4, 0.5) is 0 Å². The van der Waals surface area contributed by atoms with E-state index >= 15 is 0 Å². The number of hydrogen-bond donors (Lipinski definition) is 1. The molecule has 0 amide bonds. The summed E-state index contributed by atoms with van der Waals surface area (Å²) in [5.74, 6) is 1.05. The smallest absolute Gasteiger partial charge is 0.0110 e. The molecule has 3 nitrogen and oxygen atoms in total. The van der Waals surface area contributed by atoms with Crippen LogP contribution in [-0.4, -0.2) is 55.6 Å². The first kappa shape index (κ1) is 11.0. The maximum atomic E-state index is 5.85. The SMILES string of the molecule is NCC1(CN2CCN(CC3CC3)CC2)CC1. The molecule has 92 valence electrons. The Hall–Kier alpha value is -0.120. The van der Waals surface area contributed by atoms with Gasteiger partial charge in [-0.15, -0.1) is 0 Å². The quantitative estimate of drug-likeness (QED) is 0.746. The lowest BCUT2D eigenvalue weighted by Crippen LogP contribution is -2.49. The fraction of sp³-hybridized carbons (Fsp3) is 1.00. The highest BCUT2D eigenvalue weighted by atomic mass is 15.3. The third-order valence-electron chi connectivity index (χ3n) is 4.63. The van der Waals surface area contributed by atoms with Gasteiger partial charge < -0.3 is 15.5 Å². The molecule has 0 radical (unpaired) electrons. The lowest BCUT2D eigenvalue weighted by atomic mass is 10.1. The van der Waals surface area contributed by atoms with Crippen LogP contribution >= 0.6 is 0 Å². The zero-order valence-electron chi connectivity index (χ0n) is 10.3. The summed E-state index contributed by atoms with van der Waals surface area (Å²) in [6.07, 6.45) is 5.70. The summed E-state index contributed by atoms with van der Waals surface area (Å²) >= 11 is 0. The minimum atomic E-state index is 0.526. The normalized spacial score (nSPS) is 30.6. The Morgan fingerprint density at radius 1 is 1.00 bits per heavy atom. The topological polar surface area (TPSA) is 32.5 Å². The first-order valence-electron chi connectivity index (χ1n) is 6.94. The molecule has 1 heterocycles. The van der Waals surface area contributed by atoms with Gasteiger partial charge in [0, 0.05) is 39.3 Å². The average Bonchev–Trinajstić information content (AvgIpc) is 3.18. The van der Waals surface area contributed by atoms with Gasteiger partial charge in [0.15, 0.2) is 0 Å². The molecule has 2 N–H and O–H groups in total. The van der Waals surface area contributed by atoms with Gasteiger partial charge in [0.2, 0.25) is 0 Å². The van der Waals surface area contributed by atoms with Gasteiger partial charge in [-0.05, 0) is 43.6 Å². The minimum absolute atomic E-state index is 0.526. The second-order valence-electron chi connectivity index (χ2n) is 6.22. The molecule has 3 fully saturated rings. The van der Waals surface area contributed by atoms with Gasteiger partial charge in [-0.25, -0.2) is 0 Å². The zero-order valence-corrected chi connectivity index (χ0v) is 10.3. The summed E-state index contributed by atoms with van der Waals surface area (Å²) in [6, 6.07) is 0. The Morgan fingerprint density at radius 2 is 1.62 bits per heavy atom. The Bertz CT molecular complexity index is 238. The van der Waals surface area contributed by atoms with Crippen molar-refractivity contribution in [3.05, 3.63) is 0 Å². The second-order valence-corrected chi connectivity index (χ2v) is 6.22. The number of nitrogens with zero attached hydrogens (tertiary/aromatic N) is 2. The molecule has 1 saturated heterocycles. The molecule has 1 aliphatic heterocycles. The fourth-order valence-corrected chi connectivity index (χ4v) is 2.87. The number of piperazine rings is 1. The molecule has 0 aromatic carbocycles. The van der Waals surface area contributed by atoms with Crippen molar-refractivity contribution >= 4 is 0 Å². The van der Waals surface area contributed by atoms with E-state index in [1.165, 1.54) is 65.0 Å². The molecule has 3 aliphatic rings. The molecule has 3 heteroatoms. The van der Waals surface area contributed by atoms with Crippen LogP contribution in [0, 0.1) is 11.3 Å². The van der Waals surface area contributed by atoms with E-state index in [0.717, 1.165) is 12.5 Å². The van der Waals surface area contributed by atoms with Crippen molar-refractivity contribution in [2.24, 2.45) is 17.1 Å². The van der Waals surface area contributed by atoms with Crippen LogP contribution in [-0.2, 0) is 0 Å². The molecule has 16 heavy (non-hydrogen) atoms. The number of rotatable bonds is 5. The first-order chi connectivity index (χ1) is 7.80. The van der Waals surface area contributed by atoms with E-state index in [1.807, 2.05) is 0 Å². The highest BCUT2D eigenvalue weighted by Gasteiger charge is 2.42. The molecule has 0 atom stereocenters. The van der Waals surface area contributed by atoms with Gasteiger partial charge in [0.1, 0.15) is 0 Å². The predicted molar refractivity (Wildman–Crippen MR) is 66.3 cm³/mol. The molecular weight excluding hydrogens is 198 g/mol. The lowest BCUT2D eigenvalue weighted by Gasteiger charge is -2.36. The van der Waals surface area contributed by atoms with Crippen molar-refractivity contribution in [2.75, 3.05) is 45.8 Å². The van der Waals surface area contributed by atoms with Crippen LogP contribution in [0.5, 0.6) is 0 Å². The Kier molecular flexibility index (Phi) is 2.94. The first-order valence-corrected chi connectivity index (χ1v) is 6.94. The number of nitrogens with two attached hydrogens (primary N) is 1. The van der Waals surface area contributed by atoms with Crippen LogP contribution in [0.15, 0.2) is 0 Å². The van der Waals surface area contributed by atoms with Crippen LogP contribution in [0.3, 0.4) is 0 Å². The van der Waals surface area contributed by atoms with Crippen LogP contribution in [0.1, 0.15) is 25.7 Å². The highest BCUT2D eigenvalue weighted by molar-refractivity contribution is 4.97. The molecule has 3 rings (SSSR count). The Morgan fingerprint density at radius 3 is 2.12 bits per heavy atom. The molecule has 2 aliphatic carbocycles. The summed E-state index contributed by atoms with van der Waals surface area (Å²) in [5, 5.41) is 0. The van der Waals surface area contributed by atoms with E-state index < -0.39 is 0 Å². The van der Waals surface area contributed by atoms with Gasteiger partial charge in [0.25, 0.3) is 0 Å². The molecule has 2 saturated carbocycles. The molecule has 0 aromatic rings. The average molecular weight is 223 g/mol. The van der Waals surface area contributed by atoms with E-state index in [2.05, 4.69) is 9.80 Å². The van der Waals surface area contributed by atoms with E-state index in [1.54, 1.807) is 0 Å². The van der Waals surface area contributed by atoms with Gasteiger partial charge >= 0.3 is 0 Å². The van der Waals surface area contributed by atoms with Gasteiger partial charge in [-0.1, -0.05) is 0 Å². The predicted octanol–water partition coefficient (Wildman–Crippen LogP) is 0.753. The van der Waals surface area contributed by atoms with Crippen molar-refractivity contribution in [1.82, 2.24) is 9.80 Å². The van der Waals surface area contributed by atoms with Crippen molar-refractivity contribution in [3.8, 4) is 0 Å². The van der Waals surface area contributed by atoms with Gasteiger partial charge in [0.05, 0.1) is 0 Å². The van der Waals surface area contributed by atoms with Crippen molar-refractivity contribution in [3.63, 3.8) is 0 Å². The summed E-state index contributed by atoms with van der Waals surface area (Å²) in [7, 11) is 0. The van der Waals surface area contributed by atoms with E-state index in [4.69, 9.17) is 5.73 Å². The monoisotopic (exact) mass is 223 g/mol. The van der Waals surface area contributed by atoms with Gasteiger partial charge in [-0.2, -0.15) is 0 Å². The van der Waals surface area contributed by atoms with Crippen LogP contribution in [0.25, 0.3) is 0 Å². The Balaban J connectivity index is 1.40. The molecule has 0 spiro atoms. The Labute approximate surface area is 99.0 Å². The molecule has 0 unspecified atom stereocenters. The number of hydrogen-bond acceptors (Lipinski definition) is 3. The van der Waals surface area contributed by atoms with Crippen molar-refractivity contribution < 1.29 is 0 Å². The summed E-state index contributed by atoms with van der Waals surface area (Å²) < 4.78 is 0. The highest BCUT2D eigenvalue weighted by Crippen LogP contribution is 2.45. The van der Waals surface area contributed by atoms with Crippen LogP contribution in [0.2, 0.25) is 0 Å². The second kappa shape index (κ2) is 4.28. The maximum Gasteiger partial charge on any atom is 0.0110 e. The maximum absolute atomic E-state index is 5.85. The summed E-state index contributed by atoms with van der Waals surface area (Å²) in [4.78, 5) is 5.31. The minimum Gasteiger partial charge on any atom is -0.330 e. The van der Waals surface area contributed by atoms with E-state index in [9.17, 15) is 0 Å². The molecule has 0 bridgehead atoms. The third-order valence-corrected chi connectivity index (χ3v) is 4.63.